The third-order valence-corrected chi connectivity index (χ3v) is 5.96. The number of hydrogen-bond donors (Lipinski definition) is 2. The first-order valence-electron chi connectivity index (χ1n) is 7.22. The van der Waals surface area contributed by atoms with E-state index in [0.29, 0.717) is 18.6 Å². The molecule has 0 aliphatic carbocycles. The Hall–Kier alpha value is 0.0600. The lowest BCUT2D eigenvalue weighted by atomic mass is 9.99. The van der Waals surface area contributed by atoms with E-state index < -0.39 is 0 Å². The van der Waals surface area contributed by atoms with Crippen LogP contribution in [-0.4, -0.2) is 23.6 Å². The Morgan fingerprint density at radius 2 is 1.90 bits per heavy atom. The second-order valence-corrected chi connectivity index (χ2v) is 7.34. The van der Waals surface area contributed by atoms with Crippen LogP contribution < -0.4 is 11.2 Å². The van der Waals surface area contributed by atoms with Crippen molar-refractivity contribution in [3.05, 3.63) is 32.7 Å². The first-order chi connectivity index (χ1) is 9.52. The number of rotatable bonds is 4. The van der Waals surface area contributed by atoms with E-state index in [-0.39, 0.29) is 6.04 Å². The molecule has 0 saturated carbocycles. The molecule has 0 bridgehead atoms. The van der Waals surface area contributed by atoms with Crippen LogP contribution in [0, 0.1) is 0 Å². The van der Waals surface area contributed by atoms with E-state index in [1.807, 2.05) is 0 Å². The van der Waals surface area contributed by atoms with Gasteiger partial charge in [-0.2, -0.15) is 0 Å². The predicted octanol–water partition coefficient (Wildman–Crippen LogP) is 3.98. The van der Waals surface area contributed by atoms with Gasteiger partial charge < -0.3 is 5.73 Å². The molecule has 0 spiro atoms. The summed E-state index contributed by atoms with van der Waals surface area (Å²) >= 11 is 7.07. The van der Waals surface area contributed by atoms with Gasteiger partial charge in [0, 0.05) is 27.6 Å². The smallest absolute Gasteiger partial charge is 0.0587 e. The molecule has 0 amide bonds. The summed E-state index contributed by atoms with van der Waals surface area (Å²) in [5.74, 6) is 0. The second kappa shape index (κ2) is 7.36. The molecule has 1 aromatic rings. The Bertz CT molecular complexity index is 443. The fourth-order valence-electron chi connectivity index (χ4n) is 2.85. The quantitative estimate of drug-likeness (QED) is 0.797. The zero-order valence-electron chi connectivity index (χ0n) is 12.1. The molecule has 3 nitrogen and oxygen atoms in total. The molecule has 0 radical (unpaired) electrons. The van der Waals surface area contributed by atoms with Gasteiger partial charge in [-0.15, -0.1) is 0 Å². The number of hydrazine groups is 1. The fourth-order valence-corrected chi connectivity index (χ4v) is 3.49. The molecule has 1 aliphatic heterocycles. The summed E-state index contributed by atoms with van der Waals surface area (Å²) in [5, 5.41) is 2.39. The Balaban J connectivity index is 2.13. The zero-order valence-corrected chi connectivity index (χ0v) is 15.2. The van der Waals surface area contributed by atoms with Crippen LogP contribution >= 0.6 is 31.9 Å². The second-order valence-electron chi connectivity index (χ2n) is 5.63. The van der Waals surface area contributed by atoms with Crippen LogP contribution in [-0.2, 0) is 0 Å². The van der Waals surface area contributed by atoms with Crippen molar-refractivity contribution in [3.8, 4) is 0 Å². The van der Waals surface area contributed by atoms with Crippen LogP contribution in [0.1, 0.15) is 44.7 Å². The lowest BCUT2D eigenvalue weighted by Crippen LogP contribution is -2.54. The van der Waals surface area contributed by atoms with Crippen molar-refractivity contribution < 1.29 is 0 Å². The maximum atomic E-state index is 5.98. The molecule has 1 fully saturated rings. The Labute approximate surface area is 138 Å². The van der Waals surface area contributed by atoms with Crippen LogP contribution in [0.25, 0.3) is 0 Å². The largest absolute Gasteiger partial charge is 0.329 e. The maximum absolute atomic E-state index is 5.98. The van der Waals surface area contributed by atoms with E-state index in [0.717, 1.165) is 8.95 Å². The summed E-state index contributed by atoms with van der Waals surface area (Å²) in [5.41, 5.74) is 10.8. The van der Waals surface area contributed by atoms with E-state index >= 15 is 0 Å². The summed E-state index contributed by atoms with van der Waals surface area (Å²) in [6.07, 6.45) is 3.81. The minimum atomic E-state index is 0.155. The normalized spacial score (nSPS) is 25.6. The highest BCUT2D eigenvalue weighted by Gasteiger charge is 2.26. The van der Waals surface area contributed by atoms with Gasteiger partial charge >= 0.3 is 0 Å². The van der Waals surface area contributed by atoms with Gasteiger partial charge in [-0.3, -0.25) is 0 Å². The van der Waals surface area contributed by atoms with Crippen molar-refractivity contribution in [3.63, 3.8) is 0 Å². The molecular formula is C15H23Br2N3. The summed E-state index contributed by atoms with van der Waals surface area (Å²) in [7, 11) is 0. The van der Waals surface area contributed by atoms with E-state index in [1.54, 1.807) is 0 Å². The van der Waals surface area contributed by atoms with Gasteiger partial charge in [0.1, 0.15) is 0 Å². The van der Waals surface area contributed by atoms with Crippen molar-refractivity contribution in [2.24, 2.45) is 5.73 Å². The van der Waals surface area contributed by atoms with Gasteiger partial charge in [-0.05, 0) is 76.2 Å². The molecule has 20 heavy (non-hydrogen) atoms. The van der Waals surface area contributed by atoms with Crippen molar-refractivity contribution in [1.29, 1.82) is 0 Å². The molecule has 1 aliphatic rings. The summed E-state index contributed by atoms with van der Waals surface area (Å²) in [6.45, 7) is 5.16. The number of nitrogens with one attached hydrogen (secondary N) is 1. The highest BCUT2D eigenvalue weighted by molar-refractivity contribution is 9.13. The number of nitrogens with two attached hydrogens (primary N) is 1. The number of piperidine rings is 1. The van der Waals surface area contributed by atoms with Crippen molar-refractivity contribution >= 4 is 31.9 Å². The average molecular weight is 405 g/mol. The number of halogens is 2. The molecule has 3 atom stereocenters. The molecule has 0 aromatic heterocycles. The first-order valence-corrected chi connectivity index (χ1v) is 8.81. The third-order valence-electron chi connectivity index (χ3n) is 4.08. The lowest BCUT2D eigenvalue weighted by Gasteiger charge is -2.41. The Morgan fingerprint density at radius 1 is 1.25 bits per heavy atom. The summed E-state index contributed by atoms with van der Waals surface area (Å²) in [6, 6.07) is 7.60. The van der Waals surface area contributed by atoms with E-state index in [9.17, 15) is 0 Å². The van der Waals surface area contributed by atoms with Gasteiger partial charge in [0.25, 0.3) is 0 Å². The van der Waals surface area contributed by atoms with Gasteiger partial charge in [0.2, 0.25) is 0 Å². The molecular weight excluding hydrogens is 382 g/mol. The SMILES string of the molecule is CC1CCCC(C)N1NC(CN)c1ccc(Br)c(Br)c1. The summed E-state index contributed by atoms with van der Waals surface area (Å²) in [4.78, 5) is 0. The van der Waals surface area contributed by atoms with Gasteiger partial charge in [0.05, 0.1) is 6.04 Å². The van der Waals surface area contributed by atoms with Crippen molar-refractivity contribution in [2.75, 3.05) is 6.54 Å². The molecule has 3 N–H and O–H groups in total. The minimum absolute atomic E-state index is 0.155. The molecule has 2 rings (SSSR count). The van der Waals surface area contributed by atoms with Crippen LogP contribution in [0.15, 0.2) is 27.1 Å². The topological polar surface area (TPSA) is 41.3 Å². The van der Waals surface area contributed by atoms with Crippen LogP contribution in [0.2, 0.25) is 0 Å². The molecule has 1 saturated heterocycles. The Morgan fingerprint density at radius 3 is 2.45 bits per heavy atom. The number of benzene rings is 1. The molecule has 1 aromatic carbocycles. The third kappa shape index (κ3) is 3.83. The van der Waals surface area contributed by atoms with Crippen LogP contribution in [0.5, 0.6) is 0 Å². The zero-order chi connectivity index (χ0) is 14.7. The predicted molar refractivity (Wildman–Crippen MR) is 91.4 cm³/mol. The molecule has 3 unspecified atom stereocenters. The maximum Gasteiger partial charge on any atom is 0.0587 e. The minimum Gasteiger partial charge on any atom is -0.329 e. The van der Waals surface area contributed by atoms with Gasteiger partial charge in [-0.1, -0.05) is 12.5 Å². The Kier molecular flexibility index (Phi) is 6.05. The van der Waals surface area contributed by atoms with Crippen molar-refractivity contribution in [2.45, 2.75) is 51.2 Å². The van der Waals surface area contributed by atoms with Gasteiger partial charge in [-0.25, -0.2) is 10.4 Å². The highest BCUT2D eigenvalue weighted by Crippen LogP contribution is 2.28. The molecule has 112 valence electrons. The van der Waals surface area contributed by atoms with E-state index in [1.165, 1.54) is 24.8 Å². The number of nitrogens with zero attached hydrogens (tertiary/aromatic N) is 1. The lowest BCUT2D eigenvalue weighted by molar-refractivity contribution is 0.0304. The first kappa shape index (κ1) is 16.4. The van der Waals surface area contributed by atoms with Crippen molar-refractivity contribution in [1.82, 2.24) is 10.4 Å². The van der Waals surface area contributed by atoms with E-state index in [4.69, 9.17) is 5.73 Å². The highest BCUT2D eigenvalue weighted by atomic mass is 79.9. The number of hydrogen-bond acceptors (Lipinski definition) is 3. The molecule has 1 heterocycles. The van der Waals surface area contributed by atoms with Gasteiger partial charge in [0.15, 0.2) is 0 Å². The van der Waals surface area contributed by atoms with Crippen LogP contribution in [0.3, 0.4) is 0 Å². The monoisotopic (exact) mass is 403 g/mol. The van der Waals surface area contributed by atoms with Crippen LogP contribution in [0.4, 0.5) is 0 Å². The average Bonchev–Trinajstić information content (AvgIpc) is 2.42. The summed E-state index contributed by atoms with van der Waals surface area (Å²) < 4.78 is 2.13. The molecule has 5 heteroatoms. The standard InChI is InChI=1S/C15H23Br2N3/c1-10-4-3-5-11(2)20(10)19-15(9-18)12-6-7-13(16)14(17)8-12/h6-8,10-11,15,19H,3-5,9,18H2,1-2H3. The fraction of sp³-hybridized carbons (Fsp3) is 0.600. The van der Waals surface area contributed by atoms with E-state index in [2.05, 4.69) is 74.3 Å².